The fourth-order valence-corrected chi connectivity index (χ4v) is 2.56. The molecule has 0 aromatic carbocycles. The number of ether oxygens (including phenoxy) is 1. The van der Waals surface area contributed by atoms with Crippen LogP contribution in [0.4, 0.5) is 5.69 Å². The summed E-state index contributed by atoms with van der Waals surface area (Å²) in [7, 11) is 0. The van der Waals surface area contributed by atoms with Crippen molar-refractivity contribution >= 4 is 5.69 Å². The Morgan fingerprint density at radius 2 is 2.22 bits per heavy atom. The van der Waals surface area contributed by atoms with Crippen molar-refractivity contribution in [3.8, 4) is 5.88 Å². The number of fused-ring (bicyclic) bond motifs is 1. The number of hydrogen-bond donors (Lipinski definition) is 1. The van der Waals surface area contributed by atoms with Gasteiger partial charge in [0.25, 0.3) is 0 Å². The molecule has 4 nitrogen and oxygen atoms in total. The molecule has 3 rings (SSSR count). The molecule has 2 heterocycles. The van der Waals surface area contributed by atoms with E-state index in [0.717, 1.165) is 31.2 Å². The van der Waals surface area contributed by atoms with Crippen LogP contribution in [0.15, 0.2) is 6.07 Å². The third kappa shape index (κ3) is 2.29. The quantitative estimate of drug-likeness (QED) is 0.887. The SMILES string of the molecule is CC(C)Oc1nc2c(cc1N)CN(C1CC1)CC2. The second-order valence-corrected chi connectivity index (χ2v) is 5.61. The van der Waals surface area contributed by atoms with Crippen LogP contribution >= 0.6 is 0 Å². The molecule has 1 aliphatic carbocycles. The molecule has 18 heavy (non-hydrogen) atoms. The second-order valence-electron chi connectivity index (χ2n) is 5.61. The number of aromatic nitrogens is 1. The van der Waals surface area contributed by atoms with Gasteiger partial charge in [-0.2, -0.15) is 0 Å². The van der Waals surface area contributed by atoms with Gasteiger partial charge in [0.15, 0.2) is 0 Å². The predicted octanol–water partition coefficient (Wildman–Crippen LogP) is 1.97. The van der Waals surface area contributed by atoms with Gasteiger partial charge in [-0.15, -0.1) is 0 Å². The van der Waals surface area contributed by atoms with Gasteiger partial charge >= 0.3 is 0 Å². The van der Waals surface area contributed by atoms with Crippen molar-refractivity contribution in [3.63, 3.8) is 0 Å². The highest BCUT2D eigenvalue weighted by molar-refractivity contribution is 5.52. The lowest BCUT2D eigenvalue weighted by Crippen LogP contribution is -2.33. The normalized spacial score (nSPS) is 19.9. The van der Waals surface area contributed by atoms with Gasteiger partial charge in [0.05, 0.1) is 17.5 Å². The third-order valence-electron chi connectivity index (χ3n) is 3.60. The number of rotatable bonds is 3. The van der Waals surface area contributed by atoms with Crippen LogP contribution in [0, 0.1) is 0 Å². The minimum atomic E-state index is 0.115. The fraction of sp³-hybridized carbons (Fsp3) is 0.643. The maximum atomic E-state index is 6.02. The Morgan fingerprint density at radius 1 is 1.44 bits per heavy atom. The van der Waals surface area contributed by atoms with Crippen molar-refractivity contribution in [1.29, 1.82) is 0 Å². The van der Waals surface area contributed by atoms with Crippen molar-refractivity contribution < 1.29 is 4.74 Å². The zero-order valence-electron chi connectivity index (χ0n) is 11.1. The van der Waals surface area contributed by atoms with E-state index in [9.17, 15) is 0 Å². The van der Waals surface area contributed by atoms with Crippen LogP contribution in [0.5, 0.6) is 5.88 Å². The van der Waals surface area contributed by atoms with Crippen molar-refractivity contribution in [1.82, 2.24) is 9.88 Å². The van der Waals surface area contributed by atoms with E-state index in [4.69, 9.17) is 10.5 Å². The van der Waals surface area contributed by atoms with Gasteiger partial charge in [0.1, 0.15) is 0 Å². The first kappa shape index (κ1) is 11.8. The van der Waals surface area contributed by atoms with E-state index in [1.807, 2.05) is 13.8 Å². The summed E-state index contributed by atoms with van der Waals surface area (Å²) in [6.45, 7) is 6.11. The Hall–Kier alpha value is -1.29. The molecule has 0 radical (unpaired) electrons. The van der Waals surface area contributed by atoms with Crippen LogP contribution in [0.1, 0.15) is 37.9 Å². The Morgan fingerprint density at radius 3 is 2.89 bits per heavy atom. The van der Waals surface area contributed by atoms with Crippen LogP contribution in [0.25, 0.3) is 0 Å². The summed E-state index contributed by atoms with van der Waals surface area (Å²) >= 11 is 0. The minimum absolute atomic E-state index is 0.115. The van der Waals surface area contributed by atoms with E-state index in [2.05, 4.69) is 16.0 Å². The molecule has 4 heteroatoms. The molecule has 0 spiro atoms. The standard InChI is InChI=1S/C14H21N3O/c1-9(2)18-14-12(15)7-10-8-17(11-3-4-11)6-5-13(10)16-14/h7,9,11H,3-6,8,15H2,1-2H3. The van der Waals surface area contributed by atoms with Crippen LogP contribution < -0.4 is 10.5 Å². The highest BCUT2D eigenvalue weighted by Gasteiger charge is 2.31. The van der Waals surface area contributed by atoms with Gasteiger partial charge in [-0.05, 0) is 38.3 Å². The van der Waals surface area contributed by atoms with Crippen molar-refractivity contribution in [3.05, 3.63) is 17.3 Å². The number of anilines is 1. The van der Waals surface area contributed by atoms with Crippen LogP contribution in [-0.4, -0.2) is 28.6 Å². The molecule has 1 aliphatic heterocycles. The number of pyridine rings is 1. The summed E-state index contributed by atoms with van der Waals surface area (Å²) in [6.07, 6.45) is 3.84. The van der Waals surface area contributed by atoms with Crippen molar-refractivity contribution in [2.45, 2.75) is 51.8 Å². The molecular weight excluding hydrogens is 226 g/mol. The average Bonchev–Trinajstić information content (AvgIpc) is 3.13. The summed E-state index contributed by atoms with van der Waals surface area (Å²) in [5, 5.41) is 0. The molecule has 2 aliphatic rings. The molecule has 0 bridgehead atoms. The third-order valence-corrected chi connectivity index (χ3v) is 3.60. The first-order valence-electron chi connectivity index (χ1n) is 6.82. The molecule has 1 aromatic heterocycles. The minimum Gasteiger partial charge on any atom is -0.473 e. The van der Waals surface area contributed by atoms with E-state index >= 15 is 0 Å². The molecule has 0 atom stereocenters. The molecule has 0 amide bonds. The molecule has 1 saturated carbocycles. The van der Waals surface area contributed by atoms with E-state index < -0.39 is 0 Å². The van der Waals surface area contributed by atoms with Gasteiger partial charge in [0.2, 0.25) is 5.88 Å². The largest absolute Gasteiger partial charge is 0.473 e. The Kier molecular flexibility index (Phi) is 2.90. The fourth-order valence-electron chi connectivity index (χ4n) is 2.56. The van der Waals surface area contributed by atoms with Crippen LogP contribution in [-0.2, 0) is 13.0 Å². The molecule has 98 valence electrons. The zero-order chi connectivity index (χ0) is 12.7. The number of nitrogens with two attached hydrogens (primary N) is 1. The van der Waals surface area contributed by atoms with E-state index in [1.165, 1.54) is 18.4 Å². The molecule has 2 N–H and O–H groups in total. The topological polar surface area (TPSA) is 51.4 Å². The first-order chi connectivity index (χ1) is 8.63. The van der Waals surface area contributed by atoms with Crippen molar-refractivity contribution in [2.24, 2.45) is 0 Å². The van der Waals surface area contributed by atoms with Crippen LogP contribution in [0.3, 0.4) is 0 Å². The smallest absolute Gasteiger partial charge is 0.237 e. The highest BCUT2D eigenvalue weighted by atomic mass is 16.5. The summed E-state index contributed by atoms with van der Waals surface area (Å²) in [6, 6.07) is 2.86. The van der Waals surface area contributed by atoms with Gasteiger partial charge < -0.3 is 10.5 Å². The van der Waals surface area contributed by atoms with Crippen molar-refractivity contribution in [2.75, 3.05) is 12.3 Å². The molecule has 1 aromatic rings. The molecule has 0 saturated heterocycles. The van der Waals surface area contributed by atoms with Crippen LogP contribution in [0.2, 0.25) is 0 Å². The van der Waals surface area contributed by atoms with Gasteiger partial charge in [-0.3, -0.25) is 4.90 Å². The van der Waals surface area contributed by atoms with Gasteiger partial charge in [0, 0.05) is 25.6 Å². The summed E-state index contributed by atoms with van der Waals surface area (Å²) in [5.74, 6) is 0.601. The number of nitrogen functional groups attached to an aromatic ring is 1. The summed E-state index contributed by atoms with van der Waals surface area (Å²) in [5.41, 5.74) is 9.13. The van der Waals surface area contributed by atoms with Gasteiger partial charge in [-0.25, -0.2) is 4.98 Å². The predicted molar refractivity (Wildman–Crippen MR) is 71.5 cm³/mol. The number of nitrogens with zero attached hydrogens (tertiary/aromatic N) is 2. The van der Waals surface area contributed by atoms with E-state index in [1.54, 1.807) is 0 Å². The molecule has 0 unspecified atom stereocenters. The zero-order valence-corrected chi connectivity index (χ0v) is 11.1. The molecular formula is C14H21N3O. The van der Waals surface area contributed by atoms with E-state index in [0.29, 0.717) is 11.6 Å². The lowest BCUT2D eigenvalue weighted by Gasteiger charge is -2.28. The maximum absolute atomic E-state index is 6.02. The highest BCUT2D eigenvalue weighted by Crippen LogP contribution is 2.33. The monoisotopic (exact) mass is 247 g/mol. The average molecular weight is 247 g/mol. The molecule has 1 fully saturated rings. The lowest BCUT2D eigenvalue weighted by molar-refractivity contribution is 0.225. The van der Waals surface area contributed by atoms with Gasteiger partial charge in [-0.1, -0.05) is 0 Å². The number of hydrogen-bond acceptors (Lipinski definition) is 4. The Balaban J connectivity index is 1.83. The lowest BCUT2D eigenvalue weighted by atomic mass is 10.0. The Labute approximate surface area is 108 Å². The van der Waals surface area contributed by atoms with E-state index in [-0.39, 0.29) is 6.10 Å². The maximum Gasteiger partial charge on any atom is 0.237 e. The summed E-state index contributed by atoms with van der Waals surface area (Å²) < 4.78 is 5.65. The second kappa shape index (κ2) is 4.43. The summed E-state index contributed by atoms with van der Waals surface area (Å²) in [4.78, 5) is 7.14. The first-order valence-corrected chi connectivity index (χ1v) is 6.82. The Bertz CT molecular complexity index is 455.